The van der Waals surface area contributed by atoms with Crippen LogP contribution in [0, 0.1) is 0 Å². The molecule has 1 N–H and O–H groups in total. The van der Waals surface area contributed by atoms with Crippen LogP contribution in [0.3, 0.4) is 0 Å². The van der Waals surface area contributed by atoms with Crippen molar-refractivity contribution in [2.24, 2.45) is 0 Å². The number of sulfonamides is 1. The van der Waals surface area contributed by atoms with Crippen molar-refractivity contribution in [1.29, 1.82) is 0 Å². The molecule has 0 atom stereocenters. The lowest BCUT2D eigenvalue weighted by atomic mass is 10.1. The van der Waals surface area contributed by atoms with E-state index in [-0.39, 0.29) is 12.3 Å². The van der Waals surface area contributed by atoms with Crippen LogP contribution in [0.15, 0.2) is 47.4 Å². The molecular weight excluding hydrogens is 422 g/mol. The summed E-state index contributed by atoms with van der Waals surface area (Å²) in [7, 11) is 0.312. The lowest BCUT2D eigenvalue weighted by Crippen LogP contribution is -2.35. The molecule has 6 nitrogen and oxygen atoms in total. The summed E-state index contributed by atoms with van der Waals surface area (Å²) in [5, 5.41) is 3.49. The number of nitrogens with one attached hydrogen (secondary N) is 1. The van der Waals surface area contributed by atoms with Crippen molar-refractivity contribution in [2.45, 2.75) is 37.0 Å². The van der Waals surface area contributed by atoms with Gasteiger partial charge in [0.25, 0.3) is 0 Å². The molecule has 1 aliphatic heterocycles. The Morgan fingerprint density at radius 2 is 1.73 bits per heavy atom. The summed E-state index contributed by atoms with van der Waals surface area (Å²) in [5.74, 6) is -0.120. The maximum absolute atomic E-state index is 12.7. The highest BCUT2D eigenvalue weighted by molar-refractivity contribution is 7.89. The predicted octanol–water partition coefficient (Wildman–Crippen LogP) is 4.15. The third-order valence-corrected chi connectivity index (χ3v) is 7.44. The fourth-order valence-corrected chi connectivity index (χ4v) is 5.48. The van der Waals surface area contributed by atoms with Gasteiger partial charge in [0.15, 0.2) is 0 Å². The molecule has 2 aromatic rings. The smallest absolute Gasteiger partial charge is 0.243 e. The van der Waals surface area contributed by atoms with Gasteiger partial charge in [0, 0.05) is 33.6 Å². The number of hydrogen-bond acceptors (Lipinski definition) is 4. The Kier molecular flexibility index (Phi) is 7.39. The van der Waals surface area contributed by atoms with Crippen molar-refractivity contribution in [3.63, 3.8) is 0 Å². The van der Waals surface area contributed by atoms with Gasteiger partial charge in [-0.3, -0.25) is 4.79 Å². The summed E-state index contributed by atoms with van der Waals surface area (Å²) in [4.78, 5) is 14.6. The molecule has 1 saturated heterocycles. The molecule has 1 fully saturated rings. The summed E-state index contributed by atoms with van der Waals surface area (Å²) in [6, 6.07) is 12.2. The number of amides is 1. The fourth-order valence-electron chi connectivity index (χ4n) is 3.62. The number of piperidine rings is 1. The Labute approximate surface area is 183 Å². The quantitative estimate of drug-likeness (QED) is 0.689. The van der Waals surface area contributed by atoms with E-state index in [4.69, 9.17) is 11.6 Å². The summed E-state index contributed by atoms with van der Waals surface area (Å²) in [6.07, 6.45) is 3.72. The molecule has 162 valence electrons. The van der Waals surface area contributed by atoms with Gasteiger partial charge in [-0.05, 0) is 49.1 Å². The molecule has 1 aliphatic rings. The second-order valence-electron chi connectivity index (χ2n) is 7.69. The predicted molar refractivity (Wildman–Crippen MR) is 122 cm³/mol. The van der Waals surface area contributed by atoms with E-state index in [0.29, 0.717) is 35.1 Å². The van der Waals surface area contributed by atoms with E-state index in [1.54, 1.807) is 40.7 Å². The Hall–Kier alpha value is -2.09. The van der Waals surface area contributed by atoms with E-state index < -0.39 is 10.0 Å². The molecule has 0 spiro atoms. The van der Waals surface area contributed by atoms with Crippen LogP contribution in [0.4, 0.5) is 11.4 Å². The number of hydrogen-bond donors (Lipinski definition) is 1. The number of carbonyl (C=O) groups excluding carboxylic acids is 1. The molecule has 8 heteroatoms. The number of benzene rings is 2. The minimum atomic E-state index is -3.43. The number of aryl methyl sites for hydroxylation is 1. The Bertz CT molecular complexity index is 985. The van der Waals surface area contributed by atoms with Crippen molar-refractivity contribution in [3.05, 3.63) is 53.1 Å². The minimum absolute atomic E-state index is 0.120. The van der Waals surface area contributed by atoms with Crippen LogP contribution in [0.2, 0.25) is 5.02 Å². The van der Waals surface area contributed by atoms with Crippen LogP contribution < -0.4 is 10.2 Å². The average molecular weight is 450 g/mol. The normalized spacial score (nSPS) is 15.0. The number of halogens is 1. The first kappa shape index (κ1) is 22.6. The fraction of sp³-hybridized carbons (Fsp3) is 0.409. The van der Waals surface area contributed by atoms with Crippen molar-refractivity contribution >= 4 is 38.9 Å². The third-order valence-electron chi connectivity index (χ3n) is 5.22. The van der Waals surface area contributed by atoms with Crippen LogP contribution in [0.25, 0.3) is 0 Å². The van der Waals surface area contributed by atoms with Gasteiger partial charge in [-0.1, -0.05) is 36.2 Å². The summed E-state index contributed by atoms with van der Waals surface area (Å²) < 4.78 is 27.0. The average Bonchev–Trinajstić information content (AvgIpc) is 2.73. The largest absolute Gasteiger partial charge is 0.375 e. The van der Waals surface area contributed by atoms with Crippen LogP contribution in [-0.4, -0.2) is 45.8 Å². The lowest BCUT2D eigenvalue weighted by Gasteiger charge is -2.25. The van der Waals surface area contributed by atoms with Crippen LogP contribution >= 0.6 is 11.6 Å². The topological polar surface area (TPSA) is 69.7 Å². The molecular formula is C22H28ClN3O3S. The Balaban J connectivity index is 1.60. The zero-order valence-electron chi connectivity index (χ0n) is 17.4. The van der Waals surface area contributed by atoms with Gasteiger partial charge >= 0.3 is 0 Å². The van der Waals surface area contributed by atoms with E-state index in [1.165, 1.54) is 0 Å². The Morgan fingerprint density at radius 3 is 2.37 bits per heavy atom. The zero-order valence-corrected chi connectivity index (χ0v) is 19.0. The number of nitrogens with zero attached hydrogens (tertiary/aromatic N) is 2. The molecule has 0 bridgehead atoms. The van der Waals surface area contributed by atoms with Gasteiger partial charge in [-0.15, -0.1) is 0 Å². The van der Waals surface area contributed by atoms with Gasteiger partial charge in [0.1, 0.15) is 0 Å². The van der Waals surface area contributed by atoms with E-state index >= 15 is 0 Å². The maximum atomic E-state index is 12.7. The summed E-state index contributed by atoms with van der Waals surface area (Å²) in [5.41, 5.74) is 2.35. The van der Waals surface area contributed by atoms with Crippen molar-refractivity contribution in [2.75, 3.05) is 37.4 Å². The number of anilines is 2. The third kappa shape index (κ3) is 5.33. The highest BCUT2D eigenvalue weighted by Crippen LogP contribution is 2.32. The lowest BCUT2D eigenvalue weighted by molar-refractivity contribution is -0.116. The first-order chi connectivity index (χ1) is 14.3. The molecule has 1 heterocycles. The standard InChI is InChI=1S/C22H28ClN3O3S/c1-25(2)22-19(23)7-6-8-20(22)24-21(27)14-11-17-9-12-18(13-10-17)30(28,29)26-15-4-3-5-16-26/h6-10,12-13H,3-5,11,14-16H2,1-2H3,(H,24,27). The van der Waals surface area contributed by atoms with Crippen LogP contribution in [0.5, 0.6) is 0 Å². The zero-order chi connectivity index (χ0) is 21.7. The van der Waals surface area contributed by atoms with Crippen molar-refractivity contribution in [1.82, 2.24) is 4.31 Å². The number of rotatable bonds is 7. The molecule has 0 aromatic heterocycles. The first-order valence-corrected chi connectivity index (χ1v) is 12.0. The van der Waals surface area contributed by atoms with Crippen molar-refractivity contribution < 1.29 is 13.2 Å². The molecule has 0 unspecified atom stereocenters. The summed E-state index contributed by atoms with van der Waals surface area (Å²) >= 11 is 6.24. The SMILES string of the molecule is CN(C)c1c(Cl)cccc1NC(=O)CCc1ccc(S(=O)(=O)N2CCCCC2)cc1. The number of para-hydroxylation sites is 1. The monoisotopic (exact) mass is 449 g/mol. The molecule has 0 saturated carbocycles. The van der Waals surface area contributed by atoms with Crippen LogP contribution in [-0.2, 0) is 21.2 Å². The molecule has 0 radical (unpaired) electrons. The van der Waals surface area contributed by atoms with Gasteiger partial charge in [0.2, 0.25) is 15.9 Å². The van der Waals surface area contributed by atoms with Gasteiger partial charge < -0.3 is 10.2 Å². The maximum Gasteiger partial charge on any atom is 0.243 e. The van der Waals surface area contributed by atoms with Gasteiger partial charge in [-0.25, -0.2) is 8.42 Å². The molecule has 1 amide bonds. The highest BCUT2D eigenvalue weighted by atomic mass is 35.5. The van der Waals surface area contributed by atoms with E-state index in [0.717, 1.165) is 30.5 Å². The van der Waals surface area contributed by atoms with Crippen molar-refractivity contribution in [3.8, 4) is 0 Å². The van der Waals surface area contributed by atoms with Crippen LogP contribution in [0.1, 0.15) is 31.2 Å². The minimum Gasteiger partial charge on any atom is -0.375 e. The summed E-state index contributed by atoms with van der Waals surface area (Å²) in [6.45, 7) is 1.17. The molecule has 30 heavy (non-hydrogen) atoms. The van der Waals surface area contributed by atoms with E-state index in [1.807, 2.05) is 25.1 Å². The first-order valence-electron chi connectivity index (χ1n) is 10.1. The molecule has 3 rings (SSSR count). The second-order valence-corrected chi connectivity index (χ2v) is 10.0. The Morgan fingerprint density at radius 1 is 1.07 bits per heavy atom. The van der Waals surface area contributed by atoms with Gasteiger partial charge in [0.05, 0.1) is 21.3 Å². The molecule has 0 aliphatic carbocycles. The number of carbonyl (C=O) groups is 1. The van der Waals surface area contributed by atoms with E-state index in [2.05, 4.69) is 5.32 Å². The highest BCUT2D eigenvalue weighted by Gasteiger charge is 2.25. The second kappa shape index (κ2) is 9.81. The van der Waals surface area contributed by atoms with Gasteiger partial charge in [-0.2, -0.15) is 4.31 Å². The molecule has 2 aromatic carbocycles. The van der Waals surface area contributed by atoms with E-state index in [9.17, 15) is 13.2 Å².